The van der Waals surface area contributed by atoms with Crippen LogP contribution in [0.5, 0.6) is 0 Å². The first kappa shape index (κ1) is 18.2. The summed E-state index contributed by atoms with van der Waals surface area (Å²) in [5.74, 6) is -1.00. The van der Waals surface area contributed by atoms with Gasteiger partial charge in [0.05, 0.1) is 6.54 Å². The van der Waals surface area contributed by atoms with Crippen LogP contribution in [-0.2, 0) is 9.59 Å². The number of nitrogens with one attached hydrogen (secondary N) is 2. The fourth-order valence-corrected chi connectivity index (χ4v) is 1.50. The van der Waals surface area contributed by atoms with Crippen molar-refractivity contribution < 1.29 is 14.7 Å². The fourth-order valence-electron chi connectivity index (χ4n) is 1.50. The summed E-state index contributed by atoms with van der Waals surface area (Å²) in [4.78, 5) is 21.9. The Balaban J connectivity index is 3.56. The van der Waals surface area contributed by atoms with E-state index in [-0.39, 0.29) is 18.0 Å². The highest BCUT2D eigenvalue weighted by molar-refractivity contribution is 5.86. The van der Waals surface area contributed by atoms with Crippen molar-refractivity contribution >= 4 is 11.9 Å². The summed E-state index contributed by atoms with van der Waals surface area (Å²) < 4.78 is 0. The molecule has 0 saturated heterocycles. The maximum Gasteiger partial charge on any atom is 0.331 e. The zero-order chi connectivity index (χ0) is 15.2. The minimum Gasteiger partial charge on any atom is -0.478 e. The molecule has 0 aliphatic heterocycles. The number of carbonyl (C=O) groups excluding carboxylic acids is 1. The van der Waals surface area contributed by atoms with E-state index in [0.29, 0.717) is 6.54 Å². The molecule has 1 amide bonds. The Hall–Kier alpha value is -1.78. The Bertz CT molecular complexity index is 349. The molecule has 0 radical (unpaired) electrons. The van der Waals surface area contributed by atoms with Crippen LogP contribution in [0.3, 0.4) is 0 Å². The second-order valence-corrected chi connectivity index (χ2v) is 4.66. The van der Waals surface area contributed by atoms with Crippen LogP contribution in [0.1, 0.15) is 46.0 Å². The van der Waals surface area contributed by atoms with Crippen molar-refractivity contribution in [3.05, 3.63) is 23.9 Å². The second kappa shape index (κ2) is 12.3. The van der Waals surface area contributed by atoms with Crippen molar-refractivity contribution in [2.75, 3.05) is 13.1 Å². The number of carbonyl (C=O) groups is 2. The molecule has 0 saturated carbocycles. The summed E-state index contributed by atoms with van der Waals surface area (Å²) in [6, 6.07) is 0. The molecule has 0 aliphatic carbocycles. The molecule has 114 valence electrons. The van der Waals surface area contributed by atoms with Crippen molar-refractivity contribution in [3.63, 3.8) is 0 Å². The zero-order valence-corrected chi connectivity index (χ0v) is 12.4. The van der Waals surface area contributed by atoms with E-state index in [2.05, 4.69) is 17.6 Å². The zero-order valence-electron chi connectivity index (χ0n) is 12.4. The van der Waals surface area contributed by atoms with Gasteiger partial charge in [-0.1, -0.05) is 38.7 Å². The molecule has 3 N–H and O–H groups in total. The fraction of sp³-hybridized carbons (Fsp3) is 0.600. The molecule has 0 bridgehead atoms. The molecule has 0 aromatic rings. The lowest BCUT2D eigenvalue weighted by molar-refractivity contribution is -0.132. The van der Waals surface area contributed by atoms with E-state index in [4.69, 9.17) is 5.11 Å². The molecule has 0 heterocycles. The van der Waals surface area contributed by atoms with Crippen molar-refractivity contribution in [3.8, 4) is 0 Å². The van der Waals surface area contributed by atoms with E-state index in [0.717, 1.165) is 12.8 Å². The van der Waals surface area contributed by atoms with Crippen LogP contribution in [0.25, 0.3) is 0 Å². The molecule has 20 heavy (non-hydrogen) atoms. The van der Waals surface area contributed by atoms with Gasteiger partial charge in [0.1, 0.15) is 0 Å². The minimum atomic E-state index is -0.949. The maximum absolute atomic E-state index is 11.4. The third kappa shape index (κ3) is 11.3. The first-order chi connectivity index (χ1) is 9.57. The van der Waals surface area contributed by atoms with Crippen LogP contribution in [0.2, 0.25) is 0 Å². The minimum absolute atomic E-state index is 0.0518. The predicted molar refractivity (Wildman–Crippen MR) is 80.3 cm³/mol. The van der Waals surface area contributed by atoms with Gasteiger partial charge in [0.25, 0.3) is 0 Å². The third-order valence-electron chi connectivity index (χ3n) is 2.76. The van der Waals surface area contributed by atoms with Crippen LogP contribution < -0.4 is 10.6 Å². The summed E-state index contributed by atoms with van der Waals surface area (Å²) in [6.07, 6.45) is 10.5. The number of aliphatic carboxylic acids is 1. The number of hydrogen-bond acceptors (Lipinski definition) is 3. The summed E-state index contributed by atoms with van der Waals surface area (Å²) in [5.41, 5.74) is 0.250. The normalized spacial score (nSPS) is 11.6. The monoisotopic (exact) mass is 282 g/mol. The standard InChI is InChI=1S/C15H26N2O3/c1-3-4-5-6-7-11-17-14(18)12-16-10-8-9-13(2)15(19)20/h8-10,16H,3-7,11-12H2,1-2H3,(H,17,18)(H,19,20)/b10-8-,13-9+. The Kier molecular flexibility index (Phi) is 11.2. The van der Waals surface area contributed by atoms with Gasteiger partial charge in [0.15, 0.2) is 0 Å². The Labute approximate surface area is 121 Å². The van der Waals surface area contributed by atoms with Crippen molar-refractivity contribution in [1.82, 2.24) is 10.6 Å². The highest BCUT2D eigenvalue weighted by atomic mass is 16.4. The lowest BCUT2D eigenvalue weighted by Crippen LogP contribution is -2.32. The molecule has 0 spiro atoms. The molecule has 0 fully saturated rings. The highest BCUT2D eigenvalue weighted by Gasteiger charge is 1.98. The lowest BCUT2D eigenvalue weighted by Gasteiger charge is -2.04. The molecule has 0 aliphatic rings. The summed E-state index contributed by atoms with van der Waals surface area (Å²) >= 11 is 0. The lowest BCUT2D eigenvalue weighted by atomic mass is 10.1. The van der Waals surface area contributed by atoms with Crippen LogP contribution in [0.4, 0.5) is 0 Å². The van der Waals surface area contributed by atoms with Crippen LogP contribution >= 0.6 is 0 Å². The smallest absolute Gasteiger partial charge is 0.331 e. The Morgan fingerprint density at radius 1 is 1.15 bits per heavy atom. The molecular formula is C15H26N2O3. The quantitative estimate of drug-likeness (QED) is 0.308. The molecule has 0 atom stereocenters. The van der Waals surface area contributed by atoms with E-state index in [9.17, 15) is 9.59 Å². The first-order valence-electron chi connectivity index (χ1n) is 7.14. The van der Waals surface area contributed by atoms with Crippen molar-refractivity contribution in [1.29, 1.82) is 0 Å². The molecule has 0 unspecified atom stereocenters. The Morgan fingerprint density at radius 3 is 2.50 bits per heavy atom. The highest BCUT2D eigenvalue weighted by Crippen LogP contribution is 2.00. The number of rotatable bonds is 11. The van der Waals surface area contributed by atoms with E-state index in [1.54, 1.807) is 12.3 Å². The number of carboxylic acid groups (broad SMARTS) is 1. The number of amides is 1. The number of carboxylic acids is 1. The van der Waals surface area contributed by atoms with Gasteiger partial charge in [0.2, 0.25) is 5.91 Å². The first-order valence-corrected chi connectivity index (χ1v) is 7.14. The van der Waals surface area contributed by atoms with Crippen LogP contribution in [0.15, 0.2) is 23.9 Å². The van der Waals surface area contributed by atoms with Crippen molar-refractivity contribution in [2.45, 2.75) is 46.0 Å². The topological polar surface area (TPSA) is 78.4 Å². The average molecular weight is 282 g/mol. The summed E-state index contributed by atoms with van der Waals surface area (Å²) in [7, 11) is 0. The third-order valence-corrected chi connectivity index (χ3v) is 2.76. The van der Waals surface area contributed by atoms with Gasteiger partial charge >= 0.3 is 5.97 Å². The van der Waals surface area contributed by atoms with Gasteiger partial charge < -0.3 is 15.7 Å². The van der Waals surface area contributed by atoms with Crippen LogP contribution in [0, 0.1) is 0 Å². The van der Waals surface area contributed by atoms with Gasteiger partial charge in [-0.3, -0.25) is 4.79 Å². The average Bonchev–Trinajstić information content (AvgIpc) is 2.41. The molecule has 5 heteroatoms. The molecule has 0 aromatic carbocycles. The molecule has 5 nitrogen and oxygen atoms in total. The largest absolute Gasteiger partial charge is 0.478 e. The van der Waals surface area contributed by atoms with Gasteiger partial charge in [-0.25, -0.2) is 4.79 Å². The van der Waals surface area contributed by atoms with E-state index in [1.807, 2.05) is 0 Å². The molecular weight excluding hydrogens is 256 g/mol. The number of unbranched alkanes of at least 4 members (excludes halogenated alkanes) is 4. The Morgan fingerprint density at radius 2 is 1.85 bits per heavy atom. The van der Waals surface area contributed by atoms with E-state index in [1.165, 1.54) is 32.3 Å². The van der Waals surface area contributed by atoms with E-state index >= 15 is 0 Å². The maximum atomic E-state index is 11.4. The van der Waals surface area contributed by atoms with E-state index < -0.39 is 5.97 Å². The summed E-state index contributed by atoms with van der Waals surface area (Å²) in [6.45, 7) is 4.60. The number of allylic oxidation sites excluding steroid dienone is 2. The van der Waals surface area contributed by atoms with Crippen LogP contribution in [-0.4, -0.2) is 30.1 Å². The van der Waals surface area contributed by atoms with Gasteiger partial charge in [0, 0.05) is 12.1 Å². The van der Waals surface area contributed by atoms with Gasteiger partial charge in [-0.15, -0.1) is 0 Å². The molecule has 0 aromatic heterocycles. The number of hydrogen-bond donors (Lipinski definition) is 3. The summed E-state index contributed by atoms with van der Waals surface area (Å²) in [5, 5.41) is 14.3. The van der Waals surface area contributed by atoms with Gasteiger partial charge in [-0.2, -0.15) is 0 Å². The van der Waals surface area contributed by atoms with Crippen molar-refractivity contribution in [2.24, 2.45) is 0 Å². The predicted octanol–water partition coefficient (Wildman–Crippen LogP) is 2.21. The second-order valence-electron chi connectivity index (χ2n) is 4.66. The SMILES string of the molecule is CCCCCCCNC(=O)CN/C=C\C=C(/C)C(=O)O. The molecule has 0 rings (SSSR count). The van der Waals surface area contributed by atoms with Gasteiger partial charge in [-0.05, 0) is 25.6 Å².